The lowest BCUT2D eigenvalue weighted by atomic mass is 10.2. The van der Waals surface area contributed by atoms with Gasteiger partial charge >= 0.3 is 0 Å². The minimum Gasteiger partial charge on any atom is -0.319 e. The third kappa shape index (κ3) is 3.62. The molecule has 0 aliphatic rings. The van der Waals surface area contributed by atoms with Crippen LogP contribution in [0.1, 0.15) is 15.9 Å². The first-order valence-electron chi connectivity index (χ1n) is 7.27. The van der Waals surface area contributed by atoms with Crippen molar-refractivity contribution in [3.8, 4) is 0 Å². The Bertz CT molecular complexity index is 990. The molecule has 3 aromatic rings. The lowest BCUT2D eigenvalue weighted by Gasteiger charge is -2.07. The van der Waals surface area contributed by atoms with Gasteiger partial charge in [0, 0.05) is 22.3 Å². The summed E-state index contributed by atoms with van der Waals surface area (Å²) in [4.78, 5) is 12.2. The molecule has 0 spiro atoms. The Labute approximate surface area is 153 Å². The van der Waals surface area contributed by atoms with Crippen molar-refractivity contribution in [1.82, 2.24) is 9.78 Å². The molecule has 0 saturated heterocycles. The van der Waals surface area contributed by atoms with Crippen molar-refractivity contribution in [3.63, 3.8) is 0 Å². The maximum atomic E-state index is 13.7. The van der Waals surface area contributed by atoms with E-state index in [4.69, 9.17) is 0 Å². The first kappa shape index (κ1) is 18.1. The molecule has 0 aliphatic heterocycles. The van der Waals surface area contributed by atoms with Crippen molar-refractivity contribution >= 4 is 27.5 Å². The van der Waals surface area contributed by atoms with Crippen LogP contribution in [0.4, 0.5) is 23.2 Å². The molecule has 134 valence electrons. The van der Waals surface area contributed by atoms with Gasteiger partial charge in [0.25, 0.3) is 5.91 Å². The summed E-state index contributed by atoms with van der Waals surface area (Å²) in [7, 11) is 0. The summed E-state index contributed by atoms with van der Waals surface area (Å²) in [6.45, 7) is -0.472. The van der Waals surface area contributed by atoms with Gasteiger partial charge < -0.3 is 5.32 Å². The fourth-order valence-electron chi connectivity index (χ4n) is 2.27. The molecule has 0 atom stereocenters. The van der Waals surface area contributed by atoms with Gasteiger partial charge in [-0.05, 0) is 28.1 Å². The van der Waals surface area contributed by atoms with Crippen molar-refractivity contribution in [2.24, 2.45) is 0 Å². The molecule has 0 bridgehead atoms. The molecule has 0 aliphatic carbocycles. The van der Waals surface area contributed by atoms with Gasteiger partial charge in [-0.1, -0.05) is 12.1 Å². The summed E-state index contributed by atoms with van der Waals surface area (Å²) in [5.41, 5.74) is -0.0113. The molecule has 1 aromatic heterocycles. The number of rotatable bonds is 4. The van der Waals surface area contributed by atoms with Gasteiger partial charge in [-0.15, -0.1) is 0 Å². The molecular weight excluding hydrogens is 418 g/mol. The zero-order chi connectivity index (χ0) is 18.8. The van der Waals surface area contributed by atoms with E-state index in [1.165, 1.54) is 12.4 Å². The Morgan fingerprint density at radius 2 is 1.85 bits per heavy atom. The second-order valence-corrected chi connectivity index (χ2v) is 6.16. The van der Waals surface area contributed by atoms with Gasteiger partial charge in [0.2, 0.25) is 0 Å². The number of hydrogen-bond acceptors (Lipinski definition) is 2. The molecule has 0 unspecified atom stereocenters. The van der Waals surface area contributed by atoms with E-state index in [0.29, 0.717) is 10.0 Å². The molecule has 4 nitrogen and oxygen atoms in total. The highest BCUT2D eigenvalue weighted by atomic mass is 79.9. The van der Waals surface area contributed by atoms with Crippen LogP contribution in [0.3, 0.4) is 0 Å². The zero-order valence-corrected chi connectivity index (χ0v) is 14.5. The number of amides is 1. The Morgan fingerprint density at radius 1 is 1.12 bits per heavy atom. The predicted octanol–water partition coefficient (Wildman–Crippen LogP) is 4.50. The summed E-state index contributed by atoms with van der Waals surface area (Å²) in [6, 6.07) is 7.03. The number of aromatic nitrogens is 2. The summed E-state index contributed by atoms with van der Waals surface area (Å²) in [6.07, 6.45) is 2.58. The van der Waals surface area contributed by atoms with Crippen LogP contribution >= 0.6 is 15.9 Å². The van der Waals surface area contributed by atoms with Crippen LogP contribution in [0, 0.1) is 23.3 Å². The number of carbonyl (C=O) groups is 1. The number of hydrogen-bond donors (Lipinski definition) is 1. The second kappa shape index (κ2) is 7.28. The van der Waals surface area contributed by atoms with E-state index in [1.807, 2.05) is 0 Å². The van der Waals surface area contributed by atoms with Gasteiger partial charge in [-0.2, -0.15) is 5.10 Å². The topological polar surface area (TPSA) is 46.9 Å². The van der Waals surface area contributed by atoms with Crippen molar-refractivity contribution < 1.29 is 22.4 Å². The average Bonchev–Trinajstić information content (AvgIpc) is 3.04. The number of anilines is 1. The van der Waals surface area contributed by atoms with E-state index in [1.54, 1.807) is 24.3 Å². The second-order valence-electron chi connectivity index (χ2n) is 5.31. The van der Waals surface area contributed by atoms with Gasteiger partial charge in [-0.3, -0.25) is 9.48 Å². The van der Waals surface area contributed by atoms with Crippen LogP contribution < -0.4 is 5.32 Å². The summed E-state index contributed by atoms with van der Waals surface area (Å²) in [5, 5.41) is 6.44. The maximum absolute atomic E-state index is 13.7. The summed E-state index contributed by atoms with van der Waals surface area (Å²) in [5.74, 6) is -6.61. The van der Waals surface area contributed by atoms with E-state index in [2.05, 4.69) is 26.3 Å². The highest BCUT2D eigenvalue weighted by molar-refractivity contribution is 9.10. The van der Waals surface area contributed by atoms with E-state index < -0.39 is 41.3 Å². The molecule has 1 heterocycles. The minimum atomic E-state index is -1.75. The van der Waals surface area contributed by atoms with E-state index in [-0.39, 0.29) is 11.8 Å². The van der Waals surface area contributed by atoms with Crippen LogP contribution in [0.15, 0.2) is 47.2 Å². The fraction of sp³-hybridized carbons (Fsp3) is 0.0588. The first-order valence-corrected chi connectivity index (χ1v) is 8.06. The van der Waals surface area contributed by atoms with Crippen LogP contribution in [-0.4, -0.2) is 15.7 Å². The summed E-state index contributed by atoms with van der Waals surface area (Å²) >= 11 is 3.26. The molecule has 1 N–H and O–H groups in total. The van der Waals surface area contributed by atoms with Crippen molar-refractivity contribution in [2.75, 3.05) is 5.32 Å². The molecule has 0 radical (unpaired) electrons. The summed E-state index contributed by atoms with van der Waals surface area (Å²) < 4.78 is 55.3. The zero-order valence-electron chi connectivity index (χ0n) is 12.9. The fourth-order valence-corrected chi connectivity index (χ4v) is 2.73. The predicted molar refractivity (Wildman–Crippen MR) is 89.7 cm³/mol. The van der Waals surface area contributed by atoms with E-state index in [0.717, 1.165) is 4.68 Å². The Balaban J connectivity index is 1.78. The van der Waals surface area contributed by atoms with Gasteiger partial charge in [0.05, 0.1) is 24.0 Å². The van der Waals surface area contributed by atoms with Crippen molar-refractivity contribution in [1.29, 1.82) is 0 Å². The standard InChI is InChI=1S/C17H10BrF4N3O/c18-12-4-2-1-3-10(12)17(26)24-9-6-23-25(7-9)8-11-13(19)5-14(20)16(22)15(11)21/h1-7H,8H2,(H,24,26). The van der Waals surface area contributed by atoms with Crippen LogP contribution in [-0.2, 0) is 6.54 Å². The SMILES string of the molecule is O=C(Nc1cnn(Cc2c(F)cc(F)c(F)c2F)c1)c1ccccc1Br. The lowest BCUT2D eigenvalue weighted by molar-refractivity contribution is 0.102. The average molecular weight is 428 g/mol. The Morgan fingerprint density at radius 3 is 2.58 bits per heavy atom. The Kier molecular flexibility index (Phi) is 5.08. The minimum absolute atomic E-state index is 0.271. The lowest BCUT2D eigenvalue weighted by Crippen LogP contribution is -2.12. The highest BCUT2D eigenvalue weighted by Crippen LogP contribution is 2.21. The molecule has 3 rings (SSSR count). The third-order valence-electron chi connectivity index (χ3n) is 3.54. The normalized spacial score (nSPS) is 10.8. The van der Waals surface area contributed by atoms with Gasteiger partial charge in [-0.25, -0.2) is 17.6 Å². The smallest absolute Gasteiger partial charge is 0.256 e. The molecule has 0 fully saturated rings. The Hall–Kier alpha value is -2.68. The molecule has 0 saturated carbocycles. The number of halogens is 5. The maximum Gasteiger partial charge on any atom is 0.256 e. The van der Waals surface area contributed by atoms with E-state index in [9.17, 15) is 22.4 Å². The van der Waals surface area contributed by atoms with Gasteiger partial charge in [0.1, 0.15) is 5.82 Å². The molecule has 2 aromatic carbocycles. The third-order valence-corrected chi connectivity index (χ3v) is 4.23. The van der Waals surface area contributed by atoms with Gasteiger partial charge in [0.15, 0.2) is 17.5 Å². The number of carbonyl (C=O) groups excluding carboxylic acids is 1. The van der Waals surface area contributed by atoms with E-state index >= 15 is 0 Å². The quantitative estimate of drug-likeness (QED) is 0.378. The number of nitrogens with one attached hydrogen (secondary N) is 1. The van der Waals surface area contributed by atoms with Crippen LogP contribution in [0.2, 0.25) is 0 Å². The molecular formula is C17H10BrF4N3O. The number of nitrogens with zero attached hydrogens (tertiary/aromatic N) is 2. The monoisotopic (exact) mass is 427 g/mol. The van der Waals surface area contributed by atoms with Crippen LogP contribution in [0.25, 0.3) is 0 Å². The molecule has 26 heavy (non-hydrogen) atoms. The molecule has 9 heteroatoms. The van der Waals surface area contributed by atoms with Crippen molar-refractivity contribution in [3.05, 3.63) is 81.6 Å². The highest BCUT2D eigenvalue weighted by Gasteiger charge is 2.19. The largest absolute Gasteiger partial charge is 0.319 e. The van der Waals surface area contributed by atoms with Crippen molar-refractivity contribution in [2.45, 2.75) is 6.54 Å². The first-order chi connectivity index (χ1) is 12.4. The number of benzene rings is 2. The molecule has 1 amide bonds. The van der Waals surface area contributed by atoms with Crippen LogP contribution in [0.5, 0.6) is 0 Å².